The van der Waals surface area contributed by atoms with Crippen molar-refractivity contribution >= 4 is 27.5 Å². The van der Waals surface area contributed by atoms with Gasteiger partial charge in [0, 0.05) is 23.3 Å². The van der Waals surface area contributed by atoms with Crippen LogP contribution in [0, 0.1) is 0 Å². The predicted octanol–water partition coefficient (Wildman–Crippen LogP) is 1.67. The zero-order valence-corrected chi connectivity index (χ0v) is 10.5. The van der Waals surface area contributed by atoms with Crippen molar-refractivity contribution in [1.82, 2.24) is 14.6 Å². The van der Waals surface area contributed by atoms with E-state index < -0.39 is 0 Å². The Morgan fingerprint density at radius 1 is 1.56 bits per heavy atom. The molecule has 6 heteroatoms. The van der Waals surface area contributed by atoms with E-state index in [4.69, 9.17) is 5.11 Å². The molecule has 0 aliphatic carbocycles. The van der Waals surface area contributed by atoms with Gasteiger partial charge in [-0.1, -0.05) is 0 Å². The molecule has 0 amide bonds. The highest BCUT2D eigenvalue weighted by molar-refractivity contribution is 9.10. The Balaban J connectivity index is 2.19. The molecule has 1 unspecified atom stereocenters. The molecule has 2 aromatic heterocycles. The maximum Gasteiger partial charge on any atom is 0.243 e. The number of rotatable bonds is 4. The summed E-state index contributed by atoms with van der Waals surface area (Å²) in [4.78, 5) is 4.31. The summed E-state index contributed by atoms with van der Waals surface area (Å²) in [7, 11) is 0. The van der Waals surface area contributed by atoms with E-state index in [0.717, 1.165) is 10.1 Å². The fraction of sp³-hybridized carbons (Fsp3) is 0.400. The van der Waals surface area contributed by atoms with Crippen LogP contribution in [0.4, 0.5) is 5.95 Å². The van der Waals surface area contributed by atoms with Crippen LogP contribution in [0.15, 0.2) is 22.8 Å². The van der Waals surface area contributed by atoms with Gasteiger partial charge in [0.15, 0.2) is 5.65 Å². The summed E-state index contributed by atoms with van der Waals surface area (Å²) in [6.07, 6.45) is 2.53. The van der Waals surface area contributed by atoms with E-state index in [1.54, 1.807) is 4.52 Å². The number of aromatic nitrogens is 3. The first-order valence-electron chi connectivity index (χ1n) is 5.08. The van der Waals surface area contributed by atoms with Gasteiger partial charge in [0.25, 0.3) is 0 Å². The summed E-state index contributed by atoms with van der Waals surface area (Å²) >= 11 is 3.38. The lowest BCUT2D eigenvalue weighted by atomic mass is 10.2. The molecule has 0 aliphatic rings. The number of hydrogen-bond donors (Lipinski definition) is 2. The van der Waals surface area contributed by atoms with E-state index >= 15 is 0 Å². The quantitative estimate of drug-likeness (QED) is 0.897. The summed E-state index contributed by atoms with van der Waals surface area (Å²) in [6.45, 7) is 2.14. The maximum absolute atomic E-state index is 8.80. The number of hydrogen-bond acceptors (Lipinski definition) is 4. The zero-order valence-electron chi connectivity index (χ0n) is 8.89. The number of anilines is 1. The molecule has 0 aliphatic heterocycles. The second-order valence-electron chi connectivity index (χ2n) is 3.64. The van der Waals surface area contributed by atoms with Gasteiger partial charge in [0.05, 0.1) is 0 Å². The van der Waals surface area contributed by atoms with Crippen molar-refractivity contribution in [3.8, 4) is 0 Å². The normalized spacial score (nSPS) is 12.9. The van der Waals surface area contributed by atoms with E-state index in [1.165, 1.54) is 0 Å². The van der Waals surface area contributed by atoms with Crippen LogP contribution in [-0.4, -0.2) is 32.4 Å². The van der Waals surface area contributed by atoms with E-state index in [2.05, 4.69) is 31.3 Å². The second-order valence-corrected chi connectivity index (χ2v) is 4.56. The van der Waals surface area contributed by atoms with Crippen LogP contribution in [0.3, 0.4) is 0 Å². The third kappa shape index (κ3) is 2.51. The summed E-state index contributed by atoms with van der Waals surface area (Å²) in [5, 5.41) is 16.2. The molecule has 2 heterocycles. The first kappa shape index (κ1) is 11.3. The van der Waals surface area contributed by atoms with Crippen LogP contribution in [0.5, 0.6) is 0 Å². The third-order valence-electron chi connectivity index (χ3n) is 2.23. The highest BCUT2D eigenvalue weighted by Gasteiger charge is 2.06. The summed E-state index contributed by atoms with van der Waals surface area (Å²) in [6, 6.07) is 3.97. The largest absolute Gasteiger partial charge is 0.396 e. The van der Waals surface area contributed by atoms with Gasteiger partial charge in [-0.3, -0.25) is 0 Å². The first-order chi connectivity index (χ1) is 7.69. The molecule has 0 bridgehead atoms. The molecular formula is C10H13BrN4O. The van der Waals surface area contributed by atoms with E-state index in [9.17, 15) is 0 Å². The summed E-state index contributed by atoms with van der Waals surface area (Å²) < 4.78 is 2.66. The van der Waals surface area contributed by atoms with Crippen LogP contribution in [-0.2, 0) is 0 Å². The van der Waals surface area contributed by atoms with E-state index in [0.29, 0.717) is 12.4 Å². The standard InChI is InChI=1S/C10H13BrN4O/c1-7(4-5-16)12-10-13-9-3-2-8(11)6-15(9)14-10/h2-3,6-7,16H,4-5H2,1H3,(H,12,14). The number of pyridine rings is 1. The Kier molecular flexibility index (Phi) is 3.40. The molecule has 0 spiro atoms. The number of nitrogens with zero attached hydrogens (tertiary/aromatic N) is 3. The van der Waals surface area contributed by atoms with E-state index in [-0.39, 0.29) is 12.6 Å². The molecule has 16 heavy (non-hydrogen) atoms. The molecular weight excluding hydrogens is 272 g/mol. The van der Waals surface area contributed by atoms with Gasteiger partial charge in [0.1, 0.15) is 0 Å². The van der Waals surface area contributed by atoms with Gasteiger partial charge in [-0.2, -0.15) is 4.98 Å². The lowest BCUT2D eigenvalue weighted by Crippen LogP contribution is -2.17. The van der Waals surface area contributed by atoms with Crippen molar-refractivity contribution in [3.63, 3.8) is 0 Å². The van der Waals surface area contributed by atoms with Crippen molar-refractivity contribution in [1.29, 1.82) is 0 Å². The molecule has 0 fully saturated rings. The van der Waals surface area contributed by atoms with Gasteiger partial charge in [-0.05, 0) is 41.4 Å². The van der Waals surface area contributed by atoms with E-state index in [1.807, 2.05) is 25.3 Å². The molecule has 2 rings (SSSR count). The van der Waals surface area contributed by atoms with Gasteiger partial charge in [-0.25, -0.2) is 4.52 Å². The maximum atomic E-state index is 8.80. The van der Waals surface area contributed by atoms with Crippen molar-refractivity contribution in [2.75, 3.05) is 11.9 Å². The van der Waals surface area contributed by atoms with Crippen LogP contribution >= 0.6 is 15.9 Å². The second kappa shape index (κ2) is 4.80. The average Bonchev–Trinajstić information content (AvgIpc) is 2.59. The predicted molar refractivity (Wildman–Crippen MR) is 65.5 cm³/mol. The molecule has 86 valence electrons. The SMILES string of the molecule is CC(CCO)Nc1nc2ccc(Br)cn2n1. The minimum absolute atomic E-state index is 0.158. The van der Waals surface area contributed by atoms with Crippen LogP contribution in [0.25, 0.3) is 5.65 Å². The fourth-order valence-electron chi connectivity index (χ4n) is 1.41. The van der Waals surface area contributed by atoms with Gasteiger partial charge >= 0.3 is 0 Å². The van der Waals surface area contributed by atoms with Gasteiger partial charge < -0.3 is 10.4 Å². The molecule has 0 saturated heterocycles. The lowest BCUT2D eigenvalue weighted by molar-refractivity contribution is 0.282. The van der Waals surface area contributed by atoms with Crippen molar-refractivity contribution in [3.05, 3.63) is 22.8 Å². The smallest absolute Gasteiger partial charge is 0.243 e. The van der Waals surface area contributed by atoms with Crippen LogP contribution in [0.2, 0.25) is 0 Å². The van der Waals surface area contributed by atoms with Crippen molar-refractivity contribution < 1.29 is 5.11 Å². The van der Waals surface area contributed by atoms with Gasteiger partial charge in [0.2, 0.25) is 5.95 Å². The van der Waals surface area contributed by atoms with Crippen LogP contribution in [0.1, 0.15) is 13.3 Å². The zero-order chi connectivity index (χ0) is 11.5. The monoisotopic (exact) mass is 284 g/mol. The Morgan fingerprint density at radius 3 is 3.12 bits per heavy atom. The Bertz CT molecular complexity index is 485. The highest BCUT2D eigenvalue weighted by Crippen LogP contribution is 2.12. The Morgan fingerprint density at radius 2 is 2.38 bits per heavy atom. The molecule has 1 atom stereocenters. The Hall–Kier alpha value is -1.14. The first-order valence-corrected chi connectivity index (χ1v) is 5.87. The number of nitrogens with one attached hydrogen (secondary N) is 1. The minimum atomic E-state index is 0.158. The molecule has 0 aromatic carbocycles. The van der Waals surface area contributed by atoms with Crippen LogP contribution < -0.4 is 5.32 Å². The molecule has 0 radical (unpaired) electrons. The van der Waals surface area contributed by atoms with Crippen molar-refractivity contribution in [2.24, 2.45) is 0 Å². The molecule has 5 nitrogen and oxygen atoms in total. The fourth-order valence-corrected chi connectivity index (χ4v) is 1.73. The minimum Gasteiger partial charge on any atom is -0.396 e. The van der Waals surface area contributed by atoms with Gasteiger partial charge in [-0.15, -0.1) is 5.10 Å². The van der Waals surface area contributed by atoms with Crippen molar-refractivity contribution in [2.45, 2.75) is 19.4 Å². The molecule has 2 N–H and O–H groups in total. The number of halogens is 1. The molecule has 0 saturated carbocycles. The average molecular weight is 285 g/mol. The Labute approximate surface area is 102 Å². The number of aliphatic hydroxyl groups is 1. The topological polar surface area (TPSA) is 62.5 Å². The summed E-state index contributed by atoms with van der Waals surface area (Å²) in [5.74, 6) is 0.582. The highest BCUT2D eigenvalue weighted by atomic mass is 79.9. The lowest BCUT2D eigenvalue weighted by Gasteiger charge is -2.09. The third-order valence-corrected chi connectivity index (χ3v) is 2.70. The summed E-state index contributed by atoms with van der Waals surface area (Å²) in [5.41, 5.74) is 0.793. The molecule has 2 aromatic rings. The number of aliphatic hydroxyl groups excluding tert-OH is 1. The number of fused-ring (bicyclic) bond motifs is 1.